The molecule has 0 unspecified atom stereocenters. The van der Waals surface area contributed by atoms with Gasteiger partial charge in [0.1, 0.15) is 23.3 Å². The third-order valence-corrected chi connectivity index (χ3v) is 9.36. The normalized spacial score (nSPS) is 15.3. The highest BCUT2D eigenvalue weighted by Gasteiger charge is 2.35. The molecule has 1 fully saturated rings. The zero-order valence-corrected chi connectivity index (χ0v) is 29.9. The number of alkyl carbamates (subject to hydrolysis) is 1. The van der Waals surface area contributed by atoms with Gasteiger partial charge in [-0.2, -0.15) is 0 Å². The Bertz CT molecular complexity index is 1790. The smallest absolute Gasteiger partial charge is 0.408 e. The highest BCUT2D eigenvalue weighted by Crippen LogP contribution is 2.27. The van der Waals surface area contributed by atoms with E-state index in [0.29, 0.717) is 18.8 Å². The van der Waals surface area contributed by atoms with E-state index in [-0.39, 0.29) is 12.3 Å². The van der Waals surface area contributed by atoms with Gasteiger partial charge in [0.15, 0.2) is 0 Å². The summed E-state index contributed by atoms with van der Waals surface area (Å²) in [5.41, 5.74) is 1.48. The van der Waals surface area contributed by atoms with Gasteiger partial charge in [0.2, 0.25) is 17.7 Å². The van der Waals surface area contributed by atoms with Crippen LogP contribution in [0, 0.1) is 5.92 Å². The van der Waals surface area contributed by atoms with E-state index >= 15 is 0 Å². The van der Waals surface area contributed by atoms with Crippen molar-refractivity contribution in [1.29, 1.82) is 0 Å². The average Bonchev–Trinajstić information content (AvgIpc) is 3.66. The number of hydrogen-bond donors (Lipinski definition) is 6. The van der Waals surface area contributed by atoms with E-state index in [1.165, 1.54) is 19.3 Å². The van der Waals surface area contributed by atoms with Gasteiger partial charge in [0, 0.05) is 53.5 Å². The lowest BCUT2D eigenvalue weighted by Crippen LogP contribution is -2.61. The summed E-state index contributed by atoms with van der Waals surface area (Å²) in [6, 6.07) is 14.6. The molecule has 0 saturated heterocycles. The van der Waals surface area contributed by atoms with Crippen LogP contribution >= 0.6 is 0 Å². The van der Waals surface area contributed by atoms with Crippen LogP contribution in [0.1, 0.15) is 90.7 Å². The van der Waals surface area contributed by atoms with E-state index in [4.69, 9.17) is 4.74 Å². The Labute approximate surface area is 294 Å². The third-order valence-electron chi connectivity index (χ3n) is 9.36. The summed E-state index contributed by atoms with van der Waals surface area (Å²) in [7, 11) is 0. The summed E-state index contributed by atoms with van der Waals surface area (Å²) in [5, 5.41) is 13.6. The fraction of sp³-hybridized carbons (Fsp3) is 0.487. The molecular weight excluding hydrogens is 632 g/mol. The lowest BCUT2D eigenvalue weighted by atomic mass is 9.86. The number of carbonyl (C=O) groups excluding carboxylic acids is 4. The predicted molar refractivity (Wildman–Crippen MR) is 195 cm³/mol. The van der Waals surface area contributed by atoms with Crippen LogP contribution in [0.2, 0.25) is 0 Å². The monoisotopic (exact) mass is 684 g/mol. The van der Waals surface area contributed by atoms with Crippen LogP contribution in [0.25, 0.3) is 21.8 Å². The molecule has 2 atom stereocenters. The Morgan fingerprint density at radius 3 is 1.96 bits per heavy atom. The first-order chi connectivity index (χ1) is 23.8. The standard InChI is InChI=1S/C39H52N6O5/c1-38(2,3)50-37(49)45-39(4,5)36(48)42-32(21-26-23-40-30-17-11-9-15-28(26)30)35(47)44-33(22-27-24-41-31-18-12-10-16-29(27)31)43-34(46)20-19-25-13-7-6-8-14-25/h9-12,15-18,23-25,32-33,40-41H,6-8,13-14,19-22H2,1-5H3,(H,42,48)(H,43,46)(H,44,47)(H,45,49)/t32-,33-/m1/s1. The molecule has 50 heavy (non-hydrogen) atoms. The van der Waals surface area contributed by atoms with Gasteiger partial charge in [-0.15, -0.1) is 0 Å². The number of ether oxygens (including phenoxy) is 1. The molecule has 1 aliphatic rings. The molecule has 1 aliphatic carbocycles. The lowest BCUT2D eigenvalue weighted by Gasteiger charge is -2.30. The van der Waals surface area contributed by atoms with Crippen LogP contribution < -0.4 is 21.3 Å². The summed E-state index contributed by atoms with van der Waals surface area (Å²) >= 11 is 0. The van der Waals surface area contributed by atoms with E-state index in [1.54, 1.807) is 34.6 Å². The van der Waals surface area contributed by atoms with Gasteiger partial charge in [-0.1, -0.05) is 68.5 Å². The van der Waals surface area contributed by atoms with Gasteiger partial charge >= 0.3 is 6.09 Å². The topological polar surface area (TPSA) is 157 Å². The Morgan fingerprint density at radius 2 is 1.36 bits per heavy atom. The van der Waals surface area contributed by atoms with Crippen LogP contribution in [0.3, 0.4) is 0 Å². The van der Waals surface area contributed by atoms with Crippen LogP contribution in [0.4, 0.5) is 4.79 Å². The maximum absolute atomic E-state index is 14.3. The zero-order valence-electron chi connectivity index (χ0n) is 29.9. The van der Waals surface area contributed by atoms with E-state index in [9.17, 15) is 19.2 Å². The molecule has 0 spiro atoms. The second-order valence-corrected chi connectivity index (χ2v) is 15.1. The Morgan fingerprint density at radius 1 is 0.780 bits per heavy atom. The number of amides is 4. The van der Waals surface area contributed by atoms with E-state index < -0.39 is 41.3 Å². The van der Waals surface area contributed by atoms with Crippen molar-refractivity contribution in [2.75, 3.05) is 0 Å². The van der Waals surface area contributed by atoms with Gasteiger partial charge in [0.05, 0.1) is 0 Å². The molecule has 2 aromatic heterocycles. The van der Waals surface area contributed by atoms with Crippen molar-refractivity contribution in [3.8, 4) is 0 Å². The molecule has 0 radical (unpaired) electrons. The largest absolute Gasteiger partial charge is 0.444 e. The van der Waals surface area contributed by atoms with Crippen molar-refractivity contribution in [2.24, 2.45) is 5.92 Å². The maximum Gasteiger partial charge on any atom is 0.408 e. The number of nitrogens with one attached hydrogen (secondary N) is 6. The van der Waals surface area contributed by atoms with Crippen LogP contribution in [0.5, 0.6) is 0 Å². The predicted octanol–water partition coefficient (Wildman–Crippen LogP) is 6.14. The van der Waals surface area contributed by atoms with Crippen molar-refractivity contribution < 1.29 is 23.9 Å². The molecule has 268 valence electrons. The summed E-state index contributed by atoms with van der Waals surface area (Å²) in [6.07, 6.45) is 9.92. The molecular formula is C39H52N6O5. The van der Waals surface area contributed by atoms with Crippen molar-refractivity contribution in [3.63, 3.8) is 0 Å². The number of aromatic amines is 2. The highest BCUT2D eigenvalue weighted by atomic mass is 16.6. The molecule has 11 nitrogen and oxygen atoms in total. The minimum Gasteiger partial charge on any atom is -0.444 e. The number of benzene rings is 2. The number of hydrogen-bond acceptors (Lipinski definition) is 5. The Balaban J connectivity index is 1.37. The highest BCUT2D eigenvalue weighted by molar-refractivity contribution is 5.94. The number of fused-ring (bicyclic) bond motifs is 2. The van der Waals surface area contributed by atoms with Crippen LogP contribution in [0.15, 0.2) is 60.9 Å². The first kappa shape index (κ1) is 36.5. The van der Waals surface area contributed by atoms with E-state index in [1.807, 2.05) is 60.9 Å². The Kier molecular flexibility index (Phi) is 11.5. The number of para-hydroxylation sites is 2. The van der Waals surface area contributed by atoms with Crippen LogP contribution in [-0.4, -0.2) is 57.1 Å². The fourth-order valence-electron chi connectivity index (χ4n) is 6.69. The average molecular weight is 685 g/mol. The molecule has 4 aromatic rings. The molecule has 4 amide bonds. The second-order valence-electron chi connectivity index (χ2n) is 15.1. The molecule has 1 saturated carbocycles. The minimum atomic E-state index is -1.40. The van der Waals surface area contributed by atoms with Crippen molar-refractivity contribution in [3.05, 3.63) is 72.1 Å². The molecule has 2 aromatic carbocycles. The first-order valence-electron chi connectivity index (χ1n) is 17.8. The molecule has 6 N–H and O–H groups in total. The van der Waals surface area contributed by atoms with Gasteiger partial charge in [-0.05, 0) is 70.2 Å². The second kappa shape index (κ2) is 15.8. The summed E-state index contributed by atoms with van der Waals surface area (Å²) in [6.45, 7) is 8.33. The first-order valence-corrected chi connectivity index (χ1v) is 17.8. The van der Waals surface area contributed by atoms with Crippen LogP contribution in [-0.2, 0) is 32.0 Å². The summed E-state index contributed by atoms with van der Waals surface area (Å²) in [5.74, 6) is -0.604. The third kappa shape index (κ3) is 9.89. The maximum atomic E-state index is 14.3. The number of aromatic nitrogens is 2. The summed E-state index contributed by atoms with van der Waals surface area (Å²) in [4.78, 5) is 60.5. The Hall–Kier alpha value is -4.80. The zero-order chi connectivity index (χ0) is 35.9. The van der Waals surface area contributed by atoms with Gasteiger partial charge in [-0.3, -0.25) is 14.4 Å². The van der Waals surface area contributed by atoms with E-state index in [2.05, 4.69) is 31.2 Å². The summed E-state index contributed by atoms with van der Waals surface area (Å²) < 4.78 is 5.38. The molecule has 5 rings (SSSR count). The quantitative estimate of drug-likeness (QED) is 0.0933. The molecule has 0 aliphatic heterocycles. The van der Waals surface area contributed by atoms with Gasteiger partial charge in [-0.25, -0.2) is 4.79 Å². The minimum absolute atomic E-state index is 0.124. The number of rotatable bonds is 13. The number of carbonyl (C=O) groups is 4. The van der Waals surface area contributed by atoms with Crippen molar-refractivity contribution in [1.82, 2.24) is 31.2 Å². The van der Waals surface area contributed by atoms with Gasteiger partial charge < -0.3 is 36.0 Å². The van der Waals surface area contributed by atoms with Gasteiger partial charge in [0.25, 0.3) is 0 Å². The lowest BCUT2D eigenvalue weighted by molar-refractivity contribution is -0.132. The number of H-pyrrole nitrogens is 2. The SMILES string of the molecule is CC(C)(C)OC(=O)NC(C)(C)C(=O)N[C@H](Cc1c[nH]c2ccccc12)C(=O)N[C@H](Cc1c[nH]c2ccccc12)NC(=O)CCC1CCCCC1. The van der Waals surface area contributed by atoms with E-state index in [0.717, 1.165) is 52.2 Å². The fourth-order valence-corrected chi connectivity index (χ4v) is 6.69. The van der Waals surface area contributed by atoms with Crippen molar-refractivity contribution in [2.45, 2.75) is 116 Å². The molecule has 11 heteroatoms. The molecule has 2 heterocycles. The van der Waals surface area contributed by atoms with Crippen molar-refractivity contribution >= 4 is 45.6 Å². The molecule has 0 bridgehead atoms.